The summed E-state index contributed by atoms with van der Waals surface area (Å²) in [5.74, 6) is 1.14. The van der Waals surface area contributed by atoms with E-state index in [2.05, 4.69) is 10.2 Å². The Morgan fingerprint density at radius 2 is 1.67 bits per heavy atom. The summed E-state index contributed by atoms with van der Waals surface area (Å²) >= 11 is 6.46. The average Bonchev–Trinajstić information content (AvgIpc) is 3.28. The molecule has 1 unspecified atom stereocenters. The molecule has 1 fully saturated rings. The zero-order chi connectivity index (χ0) is 20.8. The Kier molecular flexibility index (Phi) is 9.08. The highest BCUT2D eigenvalue weighted by atomic mass is 35.5. The summed E-state index contributed by atoms with van der Waals surface area (Å²) in [7, 11) is 4.59. The van der Waals surface area contributed by atoms with Crippen LogP contribution in [0.15, 0.2) is 36.4 Å². The van der Waals surface area contributed by atoms with Crippen LogP contribution >= 0.6 is 24.0 Å². The molecule has 164 valence electrons. The number of methoxy groups -OCH3 is 3. The second kappa shape index (κ2) is 11.3. The molecule has 2 aromatic rings. The number of likely N-dealkylation sites (tertiary alicyclic amines) is 1. The molecule has 6 nitrogen and oxygen atoms in total. The molecule has 1 aliphatic rings. The number of hydrogen-bond donors (Lipinski definition) is 1. The van der Waals surface area contributed by atoms with Crippen LogP contribution in [-0.4, -0.2) is 51.8 Å². The number of rotatable bonds is 8. The van der Waals surface area contributed by atoms with E-state index >= 15 is 0 Å². The van der Waals surface area contributed by atoms with E-state index in [4.69, 9.17) is 25.8 Å². The van der Waals surface area contributed by atoms with E-state index in [-0.39, 0.29) is 24.4 Å². The number of carbonyl (C=O) groups is 1. The summed E-state index contributed by atoms with van der Waals surface area (Å²) in [6.45, 7) is 2.45. The van der Waals surface area contributed by atoms with E-state index in [1.807, 2.05) is 24.3 Å². The van der Waals surface area contributed by atoms with Crippen molar-refractivity contribution < 1.29 is 19.0 Å². The lowest BCUT2D eigenvalue weighted by Crippen LogP contribution is -2.37. The molecule has 1 saturated heterocycles. The van der Waals surface area contributed by atoms with Crippen molar-refractivity contribution in [1.82, 2.24) is 10.2 Å². The number of ether oxygens (including phenoxy) is 3. The third-order valence-electron chi connectivity index (χ3n) is 5.23. The molecular weight excluding hydrogens is 427 g/mol. The Labute approximate surface area is 188 Å². The smallest absolute Gasteiger partial charge is 0.251 e. The normalized spacial score (nSPS) is 14.5. The maximum atomic E-state index is 12.9. The van der Waals surface area contributed by atoms with E-state index < -0.39 is 0 Å². The molecule has 30 heavy (non-hydrogen) atoms. The first-order chi connectivity index (χ1) is 14.1. The van der Waals surface area contributed by atoms with Crippen LogP contribution in [-0.2, 0) is 0 Å². The SMILES string of the molecule is COc1cc(C(=O)NCC(c2ccccc2Cl)N2CCCC2)cc(OC)c1OC.Cl. The molecule has 0 spiro atoms. The van der Waals surface area contributed by atoms with E-state index in [0.29, 0.717) is 34.4 Å². The van der Waals surface area contributed by atoms with E-state index in [1.165, 1.54) is 21.3 Å². The molecule has 3 rings (SSSR count). The first-order valence-corrected chi connectivity index (χ1v) is 10.0. The van der Waals surface area contributed by atoms with Crippen molar-refractivity contribution in [2.45, 2.75) is 18.9 Å². The van der Waals surface area contributed by atoms with Gasteiger partial charge in [0.25, 0.3) is 5.91 Å². The van der Waals surface area contributed by atoms with Gasteiger partial charge in [-0.15, -0.1) is 12.4 Å². The molecular formula is C22H28Cl2N2O4. The average molecular weight is 455 g/mol. The van der Waals surface area contributed by atoms with E-state index in [9.17, 15) is 4.79 Å². The zero-order valence-corrected chi connectivity index (χ0v) is 19.0. The summed E-state index contributed by atoms with van der Waals surface area (Å²) in [5, 5.41) is 3.76. The minimum absolute atomic E-state index is 0. The third kappa shape index (κ3) is 5.31. The van der Waals surface area contributed by atoms with Crippen LogP contribution < -0.4 is 19.5 Å². The molecule has 1 atom stereocenters. The van der Waals surface area contributed by atoms with Crippen molar-refractivity contribution in [2.24, 2.45) is 0 Å². The van der Waals surface area contributed by atoms with Crippen molar-refractivity contribution in [3.63, 3.8) is 0 Å². The van der Waals surface area contributed by atoms with Gasteiger partial charge in [-0.2, -0.15) is 0 Å². The largest absolute Gasteiger partial charge is 0.493 e. The summed E-state index contributed by atoms with van der Waals surface area (Å²) in [5.41, 5.74) is 1.47. The minimum Gasteiger partial charge on any atom is -0.493 e. The summed E-state index contributed by atoms with van der Waals surface area (Å²) in [6.07, 6.45) is 2.31. The van der Waals surface area contributed by atoms with Gasteiger partial charge in [-0.05, 0) is 49.7 Å². The van der Waals surface area contributed by atoms with Gasteiger partial charge >= 0.3 is 0 Å². The molecule has 0 radical (unpaired) electrons. The Morgan fingerprint density at radius 1 is 1.07 bits per heavy atom. The lowest BCUT2D eigenvalue weighted by molar-refractivity contribution is 0.0937. The Bertz CT molecular complexity index is 832. The van der Waals surface area contributed by atoms with Gasteiger partial charge in [0.2, 0.25) is 5.75 Å². The van der Waals surface area contributed by atoms with Crippen molar-refractivity contribution in [3.05, 3.63) is 52.5 Å². The number of nitrogens with zero attached hydrogens (tertiary/aromatic N) is 1. The fourth-order valence-corrected chi connectivity index (χ4v) is 4.00. The summed E-state index contributed by atoms with van der Waals surface area (Å²) in [6, 6.07) is 11.1. The zero-order valence-electron chi connectivity index (χ0n) is 17.4. The van der Waals surface area contributed by atoms with Gasteiger partial charge in [-0.3, -0.25) is 9.69 Å². The van der Waals surface area contributed by atoms with Crippen molar-refractivity contribution in [3.8, 4) is 17.2 Å². The lowest BCUT2D eigenvalue weighted by atomic mass is 10.0. The number of benzene rings is 2. The highest BCUT2D eigenvalue weighted by molar-refractivity contribution is 6.31. The van der Waals surface area contributed by atoms with E-state index in [0.717, 1.165) is 31.5 Å². The quantitative estimate of drug-likeness (QED) is 0.641. The highest BCUT2D eigenvalue weighted by Crippen LogP contribution is 2.38. The topological polar surface area (TPSA) is 60.0 Å². The number of carbonyl (C=O) groups excluding carboxylic acids is 1. The predicted molar refractivity (Wildman–Crippen MR) is 121 cm³/mol. The number of amides is 1. The van der Waals surface area contributed by atoms with Crippen LogP contribution in [0.1, 0.15) is 34.8 Å². The summed E-state index contributed by atoms with van der Waals surface area (Å²) < 4.78 is 16.0. The van der Waals surface area contributed by atoms with Gasteiger partial charge in [-0.1, -0.05) is 29.8 Å². The molecule has 1 N–H and O–H groups in total. The van der Waals surface area contributed by atoms with Gasteiger partial charge in [0.05, 0.1) is 27.4 Å². The molecule has 1 aliphatic heterocycles. The van der Waals surface area contributed by atoms with Crippen molar-refractivity contribution in [1.29, 1.82) is 0 Å². The fraction of sp³-hybridized carbons (Fsp3) is 0.409. The lowest BCUT2D eigenvalue weighted by Gasteiger charge is -2.29. The maximum Gasteiger partial charge on any atom is 0.251 e. The van der Waals surface area contributed by atoms with Gasteiger partial charge in [0.15, 0.2) is 11.5 Å². The molecule has 0 aliphatic carbocycles. The number of hydrogen-bond acceptors (Lipinski definition) is 5. The molecule has 8 heteroatoms. The van der Waals surface area contributed by atoms with Crippen LogP contribution in [0.4, 0.5) is 0 Å². The third-order valence-corrected chi connectivity index (χ3v) is 5.57. The van der Waals surface area contributed by atoms with Crippen molar-refractivity contribution >= 4 is 29.9 Å². The first-order valence-electron chi connectivity index (χ1n) is 9.65. The standard InChI is InChI=1S/C22H27ClN2O4.ClH/c1-27-19-12-15(13-20(28-2)21(19)29-3)22(26)24-14-18(25-10-6-7-11-25)16-8-4-5-9-17(16)23;/h4-5,8-9,12-13,18H,6-7,10-11,14H2,1-3H3,(H,24,26);1H. The monoisotopic (exact) mass is 454 g/mol. The molecule has 2 aromatic carbocycles. The van der Waals surface area contributed by atoms with Crippen molar-refractivity contribution in [2.75, 3.05) is 41.0 Å². The highest BCUT2D eigenvalue weighted by Gasteiger charge is 2.26. The molecule has 0 aromatic heterocycles. The second-order valence-corrected chi connectivity index (χ2v) is 7.31. The van der Waals surface area contributed by atoms with Gasteiger partial charge in [0.1, 0.15) is 0 Å². The Hall–Kier alpha value is -2.15. The van der Waals surface area contributed by atoms with Gasteiger partial charge in [0, 0.05) is 17.1 Å². The molecule has 1 heterocycles. The molecule has 1 amide bonds. The Morgan fingerprint density at radius 3 is 2.20 bits per heavy atom. The van der Waals surface area contributed by atoms with Crippen LogP contribution in [0.5, 0.6) is 17.2 Å². The van der Waals surface area contributed by atoms with Gasteiger partial charge < -0.3 is 19.5 Å². The predicted octanol–water partition coefficient (Wildman–Crippen LogP) is 4.35. The van der Waals surface area contributed by atoms with Crippen LogP contribution in [0.25, 0.3) is 0 Å². The second-order valence-electron chi connectivity index (χ2n) is 6.90. The number of halogens is 2. The molecule has 0 bridgehead atoms. The first kappa shape index (κ1) is 24.1. The number of nitrogens with one attached hydrogen (secondary N) is 1. The maximum absolute atomic E-state index is 12.9. The van der Waals surface area contributed by atoms with Crippen LogP contribution in [0.3, 0.4) is 0 Å². The fourth-order valence-electron chi connectivity index (χ4n) is 3.74. The van der Waals surface area contributed by atoms with Crippen LogP contribution in [0.2, 0.25) is 5.02 Å². The summed E-state index contributed by atoms with van der Waals surface area (Å²) in [4.78, 5) is 15.3. The minimum atomic E-state index is -0.208. The molecule has 0 saturated carbocycles. The van der Waals surface area contributed by atoms with Crippen LogP contribution in [0, 0.1) is 0 Å². The Balaban J connectivity index is 0.00000320. The van der Waals surface area contributed by atoms with Gasteiger partial charge in [-0.25, -0.2) is 0 Å². The van der Waals surface area contributed by atoms with E-state index in [1.54, 1.807) is 12.1 Å².